The first-order valence-corrected chi connectivity index (χ1v) is 13.0. The highest BCUT2D eigenvalue weighted by Crippen LogP contribution is 2.34. The average molecular weight is 545 g/mol. The van der Waals surface area contributed by atoms with Crippen molar-refractivity contribution < 1.29 is 8.78 Å². The summed E-state index contributed by atoms with van der Waals surface area (Å²) < 4.78 is 30.0. The molecule has 10 heteroatoms. The summed E-state index contributed by atoms with van der Waals surface area (Å²) in [6.07, 6.45) is 6.51. The summed E-state index contributed by atoms with van der Waals surface area (Å²) in [5.74, 6) is -0.556. The average Bonchev–Trinajstić information content (AvgIpc) is 3.63. The van der Waals surface area contributed by atoms with Gasteiger partial charge in [-0.05, 0) is 35.4 Å². The fraction of sp³-hybridized carbons (Fsp3) is 0.0645. The van der Waals surface area contributed by atoms with Crippen molar-refractivity contribution in [1.82, 2.24) is 40.4 Å². The Bertz CT molecular complexity index is 2020. The maximum Gasteiger partial charge on any atom is 0.161 e. The molecule has 0 fully saturated rings. The van der Waals surface area contributed by atoms with E-state index in [1.807, 2.05) is 24.3 Å². The molecule has 2 aromatic carbocycles. The van der Waals surface area contributed by atoms with Crippen LogP contribution in [0.15, 0.2) is 91.5 Å². The largest absolute Gasteiger partial charge is 0.336 e. The summed E-state index contributed by atoms with van der Waals surface area (Å²) >= 11 is 0. The molecule has 3 N–H and O–H groups in total. The number of rotatable bonds is 7. The second-order valence-corrected chi connectivity index (χ2v) is 9.60. The number of nitrogens with one attached hydrogen (secondary N) is 3. The van der Waals surface area contributed by atoms with E-state index in [1.165, 1.54) is 17.7 Å². The molecule has 0 spiro atoms. The lowest BCUT2D eigenvalue weighted by Gasteiger charge is -2.08. The molecule has 0 saturated heterocycles. The van der Waals surface area contributed by atoms with Gasteiger partial charge >= 0.3 is 0 Å². The van der Waals surface area contributed by atoms with Gasteiger partial charge in [-0.3, -0.25) is 20.1 Å². The van der Waals surface area contributed by atoms with E-state index in [0.29, 0.717) is 58.0 Å². The van der Waals surface area contributed by atoms with E-state index < -0.39 is 5.82 Å². The molecular weight excluding hydrogens is 522 g/mol. The highest BCUT2D eigenvalue weighted by Gasteiger charge is 2.21. The monoisotopic (exact) mass is 544 g/mol. The SMILES string of the molecule is Fc1cccc(-c2nccc3[nH]c(-c4n[nH]c5cnc(-c6cncc(CNCc7ccccc7)c6)c(F)c45)nc23)c1. The highest BCUT2D eigenvalue weighted by atomic mass is 19.1. The second kappa shape index (κ2) is 10.3. The van der Waals surface area contributed by atoms with Crippen molar-refractivity contribution in [3.8, 4) is 34.0 Å². The van der Waals surface area contributed by atoms with Crippen LogP contribution in [0.5, 0.6) is 0 Å². The second-order valence-electron chi connectivity index (χ2n) is 9.60. The smallest absolute Gasteiger partial charge is 0.161 e. The van der Waals surface area contributed by atoms with Crippen LogP contribution >= 0.6 is 0 Å². The molecule has 0 amide bonds. The van der Waals surface area contributed by atoms with Gasteiger partial charge in [-0.1, -0.05) is 42.5 Å². The highest BCUT2D eigenvalue weighted by molar-refractivity contribution is 5.97. The van der Waals surface area contributed by atoms with E-state index in [9.17, 15) is 4.39 Å². The Morgan fingerprint density at radius 2 is 1.61 bits per heavy atom. The van der Waals surface area contributed by atoms with Gasteiger partial charge < -0.3 is 10.3 Å². The van der Waals surface area contributed by atoms with Crippen LogP contribution in [0, 0.1) is 11.6 Å². The third kappa shape index (κ3) is 4.70. The Morgan fingerprint density at radius 3 is 2.49 bits per heavy atom. The number of nitrogens with zero attached hydrogens (tertiary/aromatic N) is 5. The molecule has 0 unspecified atom stereocenters. The number of H-pyrrole nitrogens is 2. The lowest BCUT2D eigenvalue weighted by molar-refractivity contribution is 0.628. The molecule has 0 aliphatic carbocycles. The number of halogens is 2. The predicted octanol–water partition coefficient (Wildman–Crippen LogP) is 6.19. The molecule has 0 bridgehead atoms. The standard InChI is InChI=1S/C31H22F2N8/c32-22-8-4-7-20(12-22)28-29-23(9-10-36-28)38-31(39-29)30-25-24(40-41-30)17-37-27(26(25)33)21-11-19(15-35-16-21)14-34-13-18-5-2-1-3-6-18/h1-12,15-17,34H,13-14H2,(H,38,39)(H,40,41). The normalized spacial score (nSPS) is 11.5. The van der Waals surface area contributed by atoms with Crippen molar-refractivity contribution in [1.29, 1.82) is 0 Å². The van der Waals surface area contributed by atoms with E-state index >= 15 is 4.39 Å². The zero-order valence-corrected chi connectivity index (χ0v) is 21.6. The van der Waals surface area contributed by atoms with E-state index in [1.54, 1.807) is 43.0 Å². The van der Waals surface area contributed by atoms with Gasteiger partial charge in [0, 0.05) is 42.8 Å². The lowest BCUT2D eigenvalue weighted by Crippen LogP contribution is -2.12. The summed E-state index contributed by atoms with van der Waals surface area (Å²) in [6.45, 7) is 1.27. The van der Waals surface area contributed by atoms with Crippen LogP contribution in [0.2, 0.25) is 0 Å². The van der Waals surface area contributed by atoms with Crippen LogP contribution in [0.3, 0.4) is 0 Å². The topological polar surface area (TPSA) is 108 Å². The third-order valence-corrected chi connectivity index (χ3v) is 6.84. The van der Waals surface area contributed by atoms with Gasteiger partial charge in [-0.2, -0.15) is 5.10 Å². The maximum atomic E-state index is 16.1. The summed E-state index contributed by atoms with van der Waals surface area (Å²) in [7, 11) is 0. The number of pyridine rings is 3. The minimum Gasteiger partial charge on any atom is -0.336 e. The van der Waals surface area contributed by atoms with Crippen molar-refractivity contribution in [2.75, 3.05) is 0 Å². The molecule has 0 radical (unpaired) electrons. The first-order valence-electron chi connectivity index (χ1n) is 13.0. The predicted molar refractivity (Wildman–Crippen MR) is 152 cm³/mol. The molecule has 5 aromatic heterocycles. The Labute approximate surface area is 232 Å². The molecule has 8 nitrogen and oxygen atoms in total. The lowest BCUT2D eigenvalue weighted by atomic mass is 10.1. The number of aromatic amines is 2. The summed E-state index contributed by atoms with van der Waals surface area (Å²) in [6, 6.07) is 19.9. The Hall–Kier alpha value is -5.35. The minimum absolute atomic E-state index is 0.163. The zero-order valence-electron chi connectivity index (χ0n) is 21.6. The van der Waals surface area contributed by atoms with Gasteiger partial charge in [-0.25, -0.2) is 13.8 Å². The number of benzene rings is 2. The van der Waals surface area contributed by atoms with Crippen LogP contribution in [0.25, 0.3) is 56.0 Å². The van der Waals surface area contributed by atoms with Crippen LogP contribution < -0.4 is 5.32 Å². The first kappa shape index (κ1) is 24.7. The summed E-state index contributed by atoms with van der Waals surface area (Å²) in [5.41, 5.74) is 5.82. The first-order chi connectivity index (χ1) is 20.1. The van der Waals surface area contributed by atoms with Crippen LogP contribution in [0.1, 0.15) is 11.1 Å². The molecule has 41 heavy (non-hydrogen) atoms. The fourth-order valence-electron chi connectivity index (χ4n) is 4.90. The Kier molecular flexibility index (Phi) is 6.21. The number of hydrogen-bond acceptors (Lipinski definition) is 6. The number of hydrogen-bond donors (Lipinski definition) is 3. The summed E-state index contributed by atoms with van der Waals surface area (Å²) in [5, 5.41) is 10.9. The molecule has 0 saturated carbocycles. The summed E-state index contributed by atoms with van der Waals surface area (Å²) in [4.78, 5) is 21.0. The zero-order chi connectivity index (χ0) is 27.8. The van der Waals surface area contributed by atoms with E-state index in [0.717, 1.165) is 5.56 Å². The Balaban J connectivity index is 1.24. The number of imidazole rings is 1. The molecule has 7 aromatic rings. The van der Waals surface area contributed by atoms with Crippen molar-refractivity contribution in [2.24, 2.45) is 0 Å². The van der Waals surface area contributed by atoms with Gasteiger partial charge in [-0.15, -0.1) is 0 Å². The van der Waals surface area contributed by atoms with Crippen LogP contribution in [-0.4, -0.2) is 35.1 Å². The molecule has 200 valence electrons. The van der Waals surface area contributed by atoms with Crippen molar-refractivity contribution >= 4 is 21.9 Å². The molecule has 5 heterocycles. The molecule has 0 aliphatic heterocycles. The Morgan fingerprint density at radius 1 is 0.732 bits per heavy atom. The van der Waals surface area contributed by atoms with Crippen molar-refractivity contribution in [2.45, 2.75) is 13.1 Å². The van der Waals surface area contributed by atoms with Gasteiger partial charge in [0.05, 0.1) is 28.3 Å². The number of aromatic nitrogens is 7. The van der Waals surface area contributed by atoms with Crippen LogP contribution in [0.4, 0.5) is 8.78 Å². The molecule has 7 rings (SSSR count). The van der Waals surface area contributed by atoms with Crippen molar-refractivity contribution in [3.63, 3.8) is 0 Å². The third-order valence-electron chi connectivity index (χ3n) is 6.84. The van der Waals surface area contributed by atoms with Crippen molar-refractivity contribution in [3.05, 3.63) is 114 Å². The van der Waals surface area contributed by atoms with E-state index in [2.05, 4.69) is 47.6 Å². The van der Waals surface area contributed by atoms with Gasteiger partial charge in [0.2, 0.25) is 0 Å². The van der Waals surface area contributed by atoms with E-state index in [4.69, 9.17) is 4.98 Å². The van der Waals surface area contributed by atoms with Gasteiger partial charge in [0.25, 0.3) is 0 Å². The molecule has 0 atom stereocenters. The molecule has 0 aliphatic rings. The number of fused-ring (bicyclic) bond motifs is 2. The van der Waals surface area contributed by atoms with E-state index in [-0.39, 0.29) is 16.9 Å². The van der Waals surface area contributed by atoms with Crippen LogP contribution in [-0.2, 0) is 13.1 Å². The van der Waals surface area contributed by atoms with Gasteiger partial charge in [0.1, 0.15) is 22.7 Å². The quantitative estimate of drug-likeness (QED) is 0.221. The molecular formula is C31H22F2N8. The fourth-order valence-corrected chi connectivity index (χ4v) is 4.90. The van der Waals surface area contributed by atoms with Gasteiger partial charge in [0.15, 0.2) is 11.6 Å². The minimum atomic E-state index is -0.536. The maximum absolute atomic E-state index is 16.1.